The first-order valence-electron chi connectivity index (χ1n) is 4.95. The van der Waals surface area contributed by atoms with E-state index < -0.39 is 0 Å². The normalized spacial score (nSPS) is 18.1. The molecule has 0 bridgehead atoms. The molecule has 1 fully saturated rings. The number of piperazine rings is 1. The van der Waals surface area contributed by atoms with Gasteiger partial charge in [-0.2, -0.15) is 0 Å². The maximum atomic E-state index is 11.0. The zero-order valence-electron chi connectivity index (χ0n) is 8.33. The van der Waals surface area contributed by atoms with Crippen molar-refractivity contribution in [1.82, 2.24) is 10.4 Å². The van der Waals surface area contributed by atoms with E-state index in [0.717, 1.165) is 39.0 Å². The number of carbonyl (C=O) groups is 1. The number of rotatable bonds is 5. The highest BCUT2D eigenvalue weighted by atomic mass is 17.3. The van der Waals surface area contributed by atoms with Crippen molar-refractivity contribution in [3.63, 3.8) is 0 Å². The van der Waals surface area contributed by atoms with Crippen LogP contribution in [0.5, 0.6) is 0 Å². The molecule has 0 spiro atoms. The van der Waals surface area contributed by atoms with E-state index >= 15 is 0 Å². The molecule has 0 atom stereocenters. The van der Waals surface area contributed by atoms with Gasteiger partial charge in [0.05, 0.1) is 0 Å². The molecule has 0 aromatic heterocycles. The molecule has 5 heteroatoms. The van der Waals surface area contributed by atoms with E-state index in [9.17, 15) is 4.79 Å². The summed E-state index contributed by atoms with van der Waals surface area (Å²) < 4.78 is 0. The quantitative estimate of drug-likeness (QED) is 0.511. The van der Waals surface area contributed by atoms with Crippen molar-refractivity contribution in [3.8, 4) is 0 Å². The highest BCUT2D eigenvalue weighted by Crippen LogP contribution is 1.99. The van der Waals surface area contributed by atoms with Crippen molar-refractivity contribution >= 4 is 5.97 Å². The summed E-state index contributed by atoms with van der Waals surface area (Å²) in [5.74, 6) is -0.327. The molecule has 81 valence electrons. The second-order valence-corrected chi connectivity index (χ2v) is 3.17. The van der Waals surface area contributed by atoms with E-state index in [1.807, 2.05) is 0 Å². The molecule has 1 aliphatic rings. The van der Waals surface area contributed by atoms with Crippen molar-refractivity contribution in [3.05, 3.63) is 6.92 Å². The number of hydrogen-bond acceptors (Lipinski definition) is 5. The fourth-order valence-electron chi connectivity index (χ4n) is 1.12. The first kappa shape index (κ1) is 11.4. The van der Waals surface area contributed by atoms with Crippen LogP contribution in [0, 0.1) is 6.92 Å². The summed E-state index contributed by atoms with van der Waals surface area (Å²) in [5.41, 5.74) is 0. The van der Waals surface area contributed by atoms with Crippen LogP contribution in [-0.2, 0) is 14.7 Å². The molecule has 0 amide bonds. The third-order valence-corrected chi connectivity index (χ3v) is 1.94. The third kappa shape index (κ3) is 4.55. The van der Waals surface area contributed by atoms with Gasteiger partial charge in [-0.15, -0.1) is 5.06 Å². The van der Waals surface area contributed by atoms with Crippen LogP contribution >= 0.6 is 0 Å². The number of nitrogens with zero attached hydrogens (tertiary/aromatic N) is 1. The number of hydrogen-bond donors (Lipinski definition) is 1. The maximum absolute atomic E-state index is 11.0. The molecule has 1 saturated heterocycles. The van der Waals surface area contributed by atoms with Crippen LogP contribution in [0.3, 0.4) is 0 Å². The van der Waals surface area contributed by atoms with Gasteiger partial charge in [0, 0.05) is 32.6 Å². The summed E-state index contributed by atoms with van der Waals surface area (Å²) in [6.45, 7) is 6.83. The summed E-state index contributed by atoms with van der Waals surface area (Å²) in [6.07, 6.45) is 1.85. The van der Waals surface area contributed by atoms with E-state index in [1.165, 1.54) is 0 Å². The summed E-state index contributed by atoms with van der Waals surface area (Å²) in [4.78, 5) is 20.5. The molecule has 0 aliphatic carbocycles. The van der Waals surface area contributed by atoms with Gasteiger partial charge >= 0.3 is 5.97 Å². The highest BCUT2D eigenvalue weighted by molar-refractivity contribution is 5.68. The monoisotopic (exact) mass is 201 g/mol. The second-order valence-electron chi connectivity index (χ2n) is 3.17. The smallest absolute Gasteiger partial charge is 0.314 e. The third-order valence-electron chi connectivity index (χ3n) is 1.94. The van der Waals surface area contributed by atoms with Crippen molar-refractivity contribution in [2.45, 2.75) is 19.3 Å². The van der Waals surface area contributed by atoms with Gasteiger partial charge in [0.1, 0.15) is 0 Å². The summed E-state index contributed by atoms with van der Waals surface area (Å²) in [7, 11) is 0. The Morgan fingerprint density at radius 3 is 2.79 bits per heavy atom. The number of hydroxylamine groups is 2. The molecule has 0 aromatic rings. The standard InChI is InChI=1S/C9H17N2O3/c1-2-3-4-9(12)13-14-11-7-5-10-6-8-11/h10H,1-8H2. The average Bonchev–Trinajstić information content (AvgIpc) is 2.25. The zero-order chi connectivity index (χ0) is 10.2. The van der Waals surface area contributed by atoms with Gasteiger partial charge in [0.15, 0.2) is 0 Å². The van der Waals surface area contributed by atoms with E-state index in [1.54, 1.807) is 5.06 Å². The molecule has 1 radical (unpaired) electrons. The lowest BCUT2D eigenvalue weighted by Gasteiger charge is -2.23. The van der Waals surface area contributed by atoms with Crippen LogP contribution in [0.15, 0.2) is 0 Å². The van der Waals surface area contributed by atoms with Crippen molar-refractivity contribution in [1.29, 1.82) is 0 Å². The fourth-order valence-corrected chi connectivity index (χ4v) is 1.12. The average molecular weight is 201 g/mol. The Morgan fingerprint density at radius 2 is 2.14 bits per heavy atom. The zero-order valence-corrected chi connectivity index (χ0v) is 8.33. The molecule has 1 aliphatic heterocycles. The Morgan fingerprint density at radius 1 is 1.43 bits per heavy atom. The van der Waals surface area contributed by atoms with Crippen molar-refractivity contribution in [2.24, 2.45) is 0 Å². The predicted octanol–water partition coefficient (Wildman–Crippen LogP) is 0.286. The molecular weight excluding hydrogens is 184 g/mol. The Hall–Kier alpha value is -0.650. The molecule has 1 rings (SSSR count). The lowest BCUT2D eigenvalue weighted by molar-refractivity contribution is -0.399. The summed E-state index contributed by atoms with van der Waals surface area (Å²) in [5, 5.41) is 4.80. The van der Waals surface area contributed by atoms with Crippen LogP contribution in [-0.4, -0.2) is 37.2 Å². The van der Waals surface area contributed by atoms with Gasteiger partial charge in [-0.1, -0.05) is 18.3 Å². The molecule has 0 saturated carbocycles. The molecular formula is C9H17N2O3. The molecule has 1 N–H and O–H groups in total. The van der Waals surface area contributed by atoms with E-state index in [0.29, 0.717) is 6.42 Å². The fraction of sp³-hybridized carbons (Fsp3) is 0.778. The number of nitrogens with one attached hydrogen (secondary N) is 1. The van der Waals surface area contributed by atoms with Crippen LogP contribution in [0.1, 0.15) is 19.3 Å². The first-order valence-corrected chi connectivity index (χ1v) is 4.95. The lowest BCUT2D eigenvalue weighted by Crippen LogP contribution is -2.43. The Balaban J connectivity index is 2.03. The lowest BCUT2D eigenvalue weighted by atomic mass is 10.3. The molecule has 14 heavy (non-hydrogen) atoms. The van der Waals surface area contributed by atoms with Gasteiger partial charge in [-0.3, -0.25) is 4.89 Å². The summed E-state index contributed by atoms with van der Waals surface area (Å²) >= 11 is 0. The number of carbonyl (C=O) groups excluding carboxylic acids is 1. The Labute approximate surface area is 84.2 Å². The van der Waals surface area contributed by atoms with Gasteiger partial charge in [0.2, 0.25) is 0 Å². The van der Waals surface area contributed by atoms with E-state index in [-0.39, 0.29) is 5.97 Å². The number of unbranched alkanes of at least 4 members (excludes halogenated alkanes) is 1. The van der Waals surface area contributed by atoms with Gasteiger partial charge in [0.25, 0.3) is 0 Å². The van der Waals surface area contributed by atoms with Crippen molar-refractivity contribution in [2.75, 3.05) is 26.2 Å². The minimum atomic E-state index is -0.327. The van der Waals surface area contributed by atoms with Crippen LogP contribution in [0.2, 0.25) is 0 Å². The largest absolute Gasteiger partial charge is 0.344 e. The molecule has 0 unspecified atom stereocenters. The minimum Gasteiger partial charge on any atom is -0.314 e. The van der Waals surface area contributed by atoms with Crippen molar-refractivity contribution < 1.29 is 14.7 Å². The molecule has 1 heterocycles. The maximum Gasteiger partial charge on any atom is 0.344 e. The Kier molecular flexibility index (Phi) is 5.51. The Bertz CT molecular complexity index is 169. The first-order chi connectivity index (χ1) is 6.83. The predicted molar refractivity (Wildman–Crippen MR) is 50.8 cm³/mol. The van der Waals surface area contributed by atoms with Crippen LogP contribution < -0.4 is 5.32 Å². The van der Waals surface area contributed by atoms with Gasteiger partial charge in [-0.25, -0.2) is 4.79 Å². The van der Waals surface area contributed by atoms with Gasteiger partial charge in [-0.05, 0) is 6.42 Å². The second kappa shape index (κ2) is 6.75. The molecule has 5 nitrogen and oxygen atoms in total. The van der Waals surface area contributed by atoms with E-state index in [2.05, 4.69) is 17.1 Å². The van der Waals surface area contributed by atoms with Gasteiger partial charge < -0.3 is 5.32 Å². The van der Waals surface area contributed by atoms with Crippen LogP contribution in [0.25, 0.3) is 0 Å². The van der Waals surface area contributed by atoms with E-state index in [4.69, 9.17) is 4.99 Å². The summed E-state index contributed by atoms with van der Waals surface area (Å²) in [6, 6.07) is 0. The molecule has 0 aromatic carbocycles. The van der Waals surface area contributed by atoms with Crippen LogP contribution in [0.4, 0.5) is 0 Å². The minimum absolute atomic E-state index is 0.327. The SMILES string of the molecule is [CH2]CCCC(=O)OON1CCNCC1. The topological polar surface area (TPSA) is 50.8 Å². The highest BCUT2D eigenvalue weighted by Gasteiger charge is 2.12.